The van der Waals surface area contributed by atoms with Crippen molar-refractivity contribution in [1.82, 2.24) is 4.90 Å². The Morgan fingerprint density at radius 2 is 1.55 bits per heavy atom. The van der Waals surface area contributed by atoms with Crippen molar-refractivity contribution in [2.24, 2.45) is 23.7 Å². The number of rotatable bonds is 5. The average molecular weight is 428 g/mol. The first-order chi connectivity index (χ1) is 15.0. The van der Waals surface area contributed by atoms with E-state index in [1.165, 1.54) is 37.7 Å². The van der Waals surface area contributed by atoms with Gasteiger partial charge in [0, 0.05) is 31.2 Å². The highest BCUT2D eigenvalue weighted by Crippen LogP contribution is 2.64. The van der Waals surface area contributed by atoms with Gasteiger partial charge in [0.25, 0.3) is 0 Å². The topological polar surface area (TPSA) is 40.2 Å². The number of ether oxygens (including phenoxy) is 2. The molecule has 0 amide bonds. The molecule has 7 rings (SSSR count). The molecule has 0 atom stereocenters. The quantitative estimate of drug-likeness (QED) is 0.611. The molecule has 5 saturated carbocycles. The smallest absolute Gasteiger partial charge is 0.210 e. The third-order valence-electron chi connectivity index (χ3n) is 8.85. The lowest BCUT2D eigenvalue weighted by molar-refractivity contribution is -0.390. The fourth-order valence-corrected chi connectivity index (χ4v) is 7.37. The minimum Gasteiger partial charge on any atom is -0.492 e. The summed E-state index contributed by atoms with van der Waals surface area (Å²) >= 11 is 0. The summed E-state index contributed by atoms with van der Waals surface area (Å²) in [6.45, 7) is 1.65. The molecule has 0 aromatic heterocycles. The first-order valence-corrected chi connectivity index (χ1v) is 12.5. The summed E-state index contributed by atoms with van der Waals surface area (Å²) in [5.41, 5.74) is 1.40. The molecule has 6 aliphatic rings. The molecule has 1 saturated heterocycles. The third-order valence-corrected chi connectivity index (χ3v) is 8.85. The Bertz CT molecular complexity index is 755. The van der Waals surface area contributed by atoms with E-state index in [0.29, 0.717) is 17.8 Å². The molecule has 4 bridgehead atoms. The van der Waals surface area contributed by atoms with Gasteiger partial charge in [-0.25, -0.2) is 0 Å². The van der Waals surface area contributed by atoms with Gasteiger partial charge in [-0.3, -0.25) is 0 Å². The number of likely N-dealkylation sites (N-methyl/N-ethyl adjacent to an activating group) is 1. The zero-order valence-corrected chi connectivity index (χ0v) is 19.1. The molecule has 5 aliphatic carbocycles. The second-order valence-electron chi connectivity index (χ2n) is 11.2. The van der Waals surface area contributed by atoms with E-state index in [9.17, 15) is 0 Å². The van der Waals surface area contributed by atoms with Crippen molar-refractivity contribution in [1.29, 1.82) is 0 Å². The maximum absolute atomic E-state index is 6.85. The Morgan fingerprint density at radius 1 is 0.903 bits per heavy atom. The van der Waals surface area contributed by atoms with Crippen LogP contribution in [0.25, 0.3) is 0 Å². The van der Waals surface area contributed by atoms with Crippen LogP contribution in [0.3, 0.4) is 0 Å². The van der Waals surface area contributed by atoms with Crippen LogP contribution in [0.1, 0.15) is 69.3 Å². The molecule has 6 fully saturated rings. The molecule has 170 valence electrons. The summed E-state index contributed by atoms with van der Waals surface area (Å²) in [7, 11) is 4.13. The van der Waals surface area contributed by atoms with E-state index in [-0.39, 0.29) is 0 Å². The molecule has 5 nitrogen and oxygen atoms in total. The van der Waals surface area contributed by atoms with E-state index in [1.807, 2.05) is 0 Å². The normalized spacial score (nSPS) is 43.4. The van der Waals surface area contributed by atoms with Gasteiger partial charge in [0.15, 0.2) is 0 Å². The summed E-state index contributed by atoms with van der Waals surface area (Å²) in [5, 5.41) is 0. The van der Waals surface area contributed by atoms with Crippen LogP contribution in [0.4, 0.5) is 0 Å². The van der Waals surface area contributed by atoms with Crippen LogP contribution < -0.4 is 4.74 Å². The summed E-state index contributed by atoms with van der Waals surface area (Å²) in [6.07, 6.45) is 10.6. The third kappa shape index (κ3) is 3.62. The second-order valence-corrected chi connectivity index (χ2v) is 11.2. The number of hydrogen-bond acceptors (Lipinski definition) is 5. The van der Waals surface area contributed by atoms with E-state index >= 15 is 0 Å². The van der Waals surface area contributed by atoms with Gasteiger partial charge in [-0.15, -0.1) is 0 Å². The van der Waals surface area contributed by atoms with Crippen molar-refractivity contribution in [2.75, 3.05) is 27.2 Å². The van der Waals surface area contributed by atoms with Crippen molar-refractivity contribution < 1.29 is 19.2 Å². The first kappa shape index (κ1) is 20.5. The molecule has 5 heteroatoms. The van der Waals surface area contributed by atoms with Crippen LogP contribution in [0.5, 0.6) is 5.75 Å². The molecule has 0 N–H and O–H groups in total. The van der Waals surface area contributed by atoms with Gasteiger partial charge in [0.1, 0.15) is 12.4 Å². The monoisotopic (exact) mass is 427 g/mol. The van der Waals surface area contributed by atoms with Crippen molar-refractivity contribution in [3.05, 3.63) is 29.8 Å². The maximum Gasteiger partial charge on any atom is 0.210 e. The standard InChI is InChI=1S/C26H37NO4/c1-27(2)11-12-28-24-5-3-20(4-6-24)21-7-9-25(10-8-21)29-26(31-30-25)22-14-18-13-19(16-22)17-23(26)15-18/h3-6,18-19,21-23H,7-17H2,1-2H3. The zero-order valence-electron chi connectivity index (χ0n) is 19.1. The SMILES string of the molecule is CN(C)CCOc1ccc(C2CCC3(CC2)OOC2(O3)C3CC4CC(C3)CC2C4)cc1. The Balaban J connectivity index is 1.07. The van der Waals surface area contributed by atoms with E-state index in [2.05, 4.69) is 43.3 Å². The Hall–Kier alpha value is -1.14. The van der Waals surface area contributed by atoms with Gasteiger partial charge in [0.2, 0.25) is 11.6 Å². The van der Waals surface area contributed by atoms with Crippen molar-refractivity contribution in [3.8, 4) is 5.75 Å². The summed E-state index contributed by atoms with van der Waals surface area (Å²) in [6, 6.07) is 8.70. The summed E-state index contributed by atoms with van der Waals surface area (Å²) < 4.78 is 12.7. The van der Waals surface area contributed by atoms with Crippen molar-refractivity contribution in [3.63, 3.8) is 0 Å². The fraction of sp³-hybridized carbons (Fsp3) is 0.769. The molecule has 31 heavy (non-hydrogen) atoms. The minimum atomic E-state index is -0.513. The molecular weight excluding hydrogens is 390 g/mol. The lowest BCUT2D eigenvalue weighted by Crippen LogP contribution is -2.59. The average Bonchev–Trinajstić information content (AvgIpc) is 3.13. The minimum absolute atomic E-state index is 0.439. The highest BCUT2D eigenvalue weighted by molar-refractivity contribution is 5.30. The molecule has 1 aliphatic heterocycles. The van der Waals surface area contributed by atoms with E-state index in [4.69, 9.17) is 19.2 Å². The summed E-state index contributed by atoms with van der Waals surface area (Å²) in [5.74, 6) is 3.46. The number of nitrogens with zero attached hydrogens (tertiary/aromatic N) is 1. The fourth-order valence-electron chi connectivity index (χ4n) is 7.37. The zero-order chi connectivity index (χ0) is 21.1. The Morgan fingerprint density at radius 3 is 2.16 bits per heavy atom. The maximum atomic E-state index is 6.85. The Labute approximate surface area is 186 Å². The van der Waals surface area contributed by atoms with Crippen molar-refractivity contribution >= 4 is 0 Å². The molecule has 0 radical (unpaired) electrons. The van der Waals surface area contributed by atoms with E-state index < -0.39 is 11.6 Å². The lowest BCUT2D eigenvalue weighted by atomic mass is 9.53. The predicted octanol–water partition coefficient (Wildman–Crippen LogP) is 5.11. The summed E-state index contributed by atoms with van der Waals surface area (Å²) in [4.78, 5) is 14.4. The number of hydrogen-bond donors (Lipinski definition) is 0. The van der Waals surface area contributed by atoms with E-state index in [0.717, 1.165) is 56.4 Å². The lowest BCUT2D eigenvalue weighted by Gasteiger charge is -2.57. The largest absolute Gasteiger partial charge is 0.492 e. The predicted molar refractivity (Wildman–Crippen MR) is 117 cm³/mol. The van der Waals surface area contributed by atoms with Gasteiger partial charge in [-0.1, -0.05) is 12.1 Å². The van der Waals surface area contributed by atoms with Crippen LogP contribution in [0.2, 0.25) is 0 Å². The van der Waals surface area contributed by atoms with Gasteiger partial charge in [-0.2, -0.15) is 9.78 Å². The van der Waals surface area contributed by atoms with E-state index in [1.54, 1.807) is 0 Å². The molecule has 1 aromatic rings. The van der Waals surface area contributed by atoms with Crippen LogP contribution in [0, 0.1) is 23.7 Å². The van der Waals surface area contributed by atoms with Crippen LogP contribution in [-0.2, 0) is 14.5 Å². The molecular formula is C26H37NO4. The highest BCUT2D eigenvalue weighted by Gasteiger charge is 2.66. The molecule has 1 aromatic carbocycles. The van der Waals surface area contributed by atoms with Crippen molar-refractivity contribution in [2.45, 2.75) is 75.3 Å². The second kappa shape index (κ2) is 7.72. The van der Waals surface area contributed by atoms with Gasteiger partial charge < -0.3 is 14.4 Å². The molecule has 0 unspecified atom stereocenters. The van der Waals surface area contributed by atoms with Gasteiger partial charge >= 0.3 is 0 Å². The van der Waals surface area contributed by atoms with Crippen LogP contribution in [0.15, 0.2) is 24.3 Å². The molecule has 1 heterocycles. The van der Waals surface area contributed by atoms with Gasteiger partial charge in [-0.05, 0) is 94.5 Å². The highest BCUT2D eigenvalue weighted by atomic mass is 17.3. The first-order valence-electron chi connectivity index (χ1n) is 12.5. The molecule has 2 spiro atoms. The van der Waals surface area contributed by atoms with Crippen LogP contribution in [-0.4, -0.2) is 43.7 Å². The Kier molecular flexibility index (Phi) is 5.10. The van der Waals surface area contributed by atoms with Crippen LogP contribution >= 0.6 is 0 Å². The van der Waals surface area contributed by atoms with Gasteiger partial charge in [0.05, 0.1) is 0 Å². The number of benzene rings is 1.